The number of nitrogens with zero attached hydrogens (tertiary/aromatic N) is 4. The lowest BCUT2D eigenvalue weighted by atomic mass is 10.0. The van der Waals surface area contributed by atoms with Crippen LogP contribution in [0.15, 0.2) is 34.9 Å². The van der Waals surface area contributed by atoms with E-state index in [1.165, 1.54) is 35.6 Å². The second-order valence-electron chi connectivity index (χ2n) is 7.10. The molecular weight excluding hydrogens is 431 g/mol. The Hall–Kier alpha value is -3.34. The van der Waals surface area contributed by atoms with Crippen molar-refractivity contribution < 1.29 is 22.5 Å². The smallest absolute Gasteiger partial charge is 0.335 e. The molecule has 7 nitrogen and oxygen atoms in total. The zero-order chi connectivity index (χ0) is 22.3. The molecule has 0 unspecified atom stereocenters. The maximum Gasteiger partial charge on any atom is 0.417 e. The van der Waals surface area contributed by atoms with Gasteiger partial charge < -0.3 is 4.52 Å². The number of aromatic nitrogens is 4. The summed E-state index contributed by atoms with van der Waals surface area (Å²) in [6.07, 6.45) is -4.59. The molecule has 3 heterocycles. The normalized spacial score (nSPS) is 12.0. The fourth-order valence-corrected chi connectivity index (χ4v) is 3.79. The third kappa shape index (κ3) is 4.00. The molecular formula is C20H16F3N5O2S. The van der Waals surface area contributed by atoms with Gasteiger partial charge in [-0.2, -0.15) is 13.2 Å². The summed E-state index contributed by atoms with van der Waals surface area (Å²) < 4.78 is 45.7. The standard InChI is InChI=1S/C20H16F3N5O2S/c1-9(2)18-26-27-19(31-18)25-16(29)12-8-14(24-17-15(12)10(3)28-30-17)11-6-4-5-7-13(11)20(21,22)23/h4-9H,1-3H3,(H,25,27,29). The highest BCUT2D eigenvalue weighted by molar-refractivity contribution is 7.15. The largest absolute Gasteiger partial charge is 0.417 e. The first kappa shape index (κ1) is 20.9. The lowest BCUT2D eigenvalue weighted by Gasteiger charge is -2.13. The second-order valence-corrected chi connectivity index (χ2v) is 8.11. The average Bonchev–Trinajstić information content (AvgIpc) is 3.34. The minimum absolute atomic E-state index is 0.0303. The van der Waals surface area contributed by atoms with Crippen LogP contribution in [0.3, 0.4) is 0 Å². The molecule has 1 N–H and O–H groups in total. The first-order valence-corrected chi connectivity index (χ1v) is 10.0. The Morgan fingerprint density at radius 2 is 1.94 bits per heavy atom. The molecule has 0 bridgehead atoms. The number of carbonyl (C=O) groups excluding carboxylic acids is 1. The Bertz CT molecular complexity index is 1280. The van der Waals surface area contributed by atoms with Gasteiger partial charge in [0.2, 0.25) is 5.13 Å². The van der Waals surface area contributed by atoms with E-state index in [-0.39, 0.29) is 33.6 Å². The molecule has 0 aliphatic carbocycles. The van der Waals surface area contributed by atoms with E-state index in [2.05, 4.69) is 25.7 Å². The summed E-state index contributed by atoms with van der Waals surface area (Å²) in [7, 11) is 0. The molecule has 0 fully saturated rings. The van der Waals surface area contributed by atoms with Crippen molar-refractivity contribution in [2.24, 2.45) is 0 Å². The van der Waals surface area contributed by atoms with Gasteiger partial charge in [0, 0.05) is 11.5 Å². The Morgan fingerprint density at radius 1 is 1.19 bits per heavy atom. The summed E-state index contributed by atoms with van der Waals surface area (Å²) in [5.74, 6) is -0.433. The summed E-state index contributed by atoms with van der Waals surface area (Å²) in [4.78, 5) is 17.2. The minimum atomic E-state index is -4.59. The topological polar surface area (TPSA) is 93.8 Å². The van der Waals surface area contributed by atoms with Gasteiger partial charge in [-0.25, -0.2) is 4.98 Å². The quantitative estimate of drug-likeness (QED) is 0.447. The van der Waals surface area contributed by atoms with Gasteiger partial charge in [-0.15, -0.1) is 10.2 Å². The van der Waals surface area contributed by atoms with E-state index < -0.39 is 17.6 Å². The van der Waals surface area contributed by atoms with Crippen molar-refractivity contribution in [3.8, 4) is 11.3 Å². The van der Waals surface area contributed by atoms with E-state index in [1.807, 2.05) is 13.8 Å². The third-order valence-electron chi connectivity index (χ3n) is 4.53. The fraction of sp³-hybridized carbons (Fsp3) is 0.250. The molecule has 0 radical (unpaired) electrons. The monoisotopic (exact) mass is 447 g/mol. The summed E-state index contributed by atoms with van der Waals surface area (Å²) in [6, 6.07) is 6.31. The van der Waals surface area contributed by atoms with E-state index >= 15 is 0 Å². The molecule has 0 saturated heterocycles. The van der Waals surface area contributed by atoms with Gasteiger partial charge in [-0.05, 0) is 19.1 Å². The van der Waals surface area contributed by atoms with Gasteiger partial charge in [0.1, 0.15) is 5.01 Å². The number of hydrogen-bond acceptors (Lipinski definition) is 7. The SMILES string of the molecule is Cc1noc2nc(-c3ccccc3C(F)(F)F)cc(C(=O)Nc3nnc(C(C)C)s3)c12. The fourth-order valence-electron chi connectivity index (χ4n) is 3.05. The first-order chi connectivity index (χ1) is 14.6. The van der Waals surface area contributed by atoms with E-state index in [4.69, 9.17) is 4.52 Å². The van der Waals surface area contributed by atoms with Gasteiger partial charge in [0.25, 0.3) is 11.6 Å². The first-order valence-electron chi connectivity index (χ1n) is 9.23. The predicted molar refractivity (Wildman–Crippen MR) is 109 cm³/mol. The number of carbonyl (C=O) groups is 1. The summed E-state index contributed by atoms with van der Waals surface area (Å²) in [5, 5.41) is 15.8. The van der Waals surface area contributed by atoms with Gasteiger partial charge in [0.05, 0.1) is 27.9 Å². The van der Waals surface area contributed by atoms with Gasteiger partial charge in [0.15, 0.2) is 0 Å². The number of hydrogen-bond donors (Lipinski definition) is 1. The molecule has 3 aromatic heterocycles. The Balaban J connectivity index is 1.82. The van der Waals surface area contributed by atoms with Crippen molar-refractivity contribution in [1.82, 2.24) is 20.3 Å². The van der Waals surface area contributed by atoms with Crippen molar-refractivity contribution in [1.29, 1.82) is 0 Å². The number of alkyl halides is 3. The number of rotatable bonds is 4. The number of halogens is 3. The lowest BCUT2D eigenvalue weighted by molar-refractivity contribution is -0.137. The van der Waals surface area contributed by atoms with Gasteiger partial charge >= 0.3 is 6.18 Å². The van der Waals surface area contributed by atoms with E-state index in [1.54, 1.807) is 6.92 Å². The highest BCUT2D eigenvalue weighted by atomic mass is 32.1. The summed E-state index contributed by atoms with van der Waals surface area (Å²) >= 11 is 1.22. The van der Waals surface area contributed by atoms with Gasteiger partial charge in [-0.3, -0.25) is 10.1 Å². The van der Waals surface area contributed by atoms with Crippen LogP contribution in [0.5, 0.6) is 0 Å². The number of nitrogens with one attached hydrogen (secondary N) is 1. The van der Waals surface area contributed by atoms with Crippen molar-refractivity contribution >= 4 is 33.5 Å². The molecule has 0 spiro atoms. The second kappa shape index (κ2) is 7.73. The maximum absolute atomic E-state index is 13.5. The minimum Gasteiger partial charge on any atom is -0.335 e. The van der Waals surface area contributed by atoms with Crippen LogP contribution in [-0.4, -0.2) is 26.2 Å². The molecule has 11 heteroatoms. The average molecular weight is 447 g/mol. The molecule has 31 heavy (non-hydrogen) atoms. The number of amides is 1. The van der Waals surface area contributed by atoms with Crippen molar-refractivity contribution in [2.75, 3.05) is 5.32 Å². The van der Waals surface area contributed by atoms with Crippen LogP contribution in [-0.2, 0) is 6.18 Å². The van der Waals surface area contributed by atoms with Crippen LogP contribution < -0.4 is 5.32 Å². The van der Waals surface area contributed by atoms with Crippen LogP contribution in [0.4, 0.5) is 18.3 Å². The Morgan fingerprint density at radius 3 is 2.61 bits per heavy atom. The molecule has 1 aromatic carbocycles. The zero-order valence-corrected chi connectivity index (χ0v) is 17.4. The molecule has 0 saturated carbocycles. The van der Waals surface area contributed by atoms with E-state index in [0.717, 1.165) is 11.1 Å². The molecule has 0 atom stereocenters. The third-order valence-corrected chi connectivity index (χ3v) is 5.66. The highest BCUT2D eigenvalue weighted by Crippen LogP contribution is 2.37. The highest BCUT2D eigenvalue weighted by Gasteiger charge is 2.34. The van der Waals surface area contributed by atoms with Crippen LogP contribution in [0.1, 0.15) is 46.4 Å². The molecule has 0 aliphatic rings. The van der Waals surface area contributed by atoms with Crippen LogP contribution in [0.25, 0.3) is 22.4 Å². The van der Waals surface area contributed by atoms with E-state index in [0.29, 0.717) is 11.1 Å². The Kier molecular flexibility index (Phi) is 5.21. The molecule has 1 amide bonds. The number of fused-ring (bicyclic) bond motifs is 1. The van der Waals surface area contributed by atoms with Crippen LogP contribution in [0, 0.1) is 6.92 Å². The molecule has 160 valence electrons. The van der Waals surface area contributed by atoms with Crippen LogP contribution >= 0.6 is 11.3 Å². The van der Waals surface area contributed by atoms with Crippen molar-refractivity contribution in [2.45, 2.75) is 32.9 Å². The zero-order valence-electron chi connectivity index (χ0n) is 16.6. The number of aryl methyl sites for hydroxylation is 1. The number of pyridine rings is 1. The summed E-state index contributed by atoms with van der Waals surface area (Å²) in [6.45, 7) is 5.52. The van der Waals surface area contributed by atoms with Gasteiger partial charge in [-0.1, -0.05) is 48.5 Å². The number of anilines is 1. The Labute approximate surface area is 178 Å². The molecule has 4 rings (SSSR count). The summed E-state index contributed by atoms with van der Waals surface area (Å²) in [5.41, 5.74) is -0.646. The predicted octanol–water partition coefficient (Wildman–Crippen LogP) is 5.44. The lowest BCUT2D eigenvalue weighted by Crippen LogP contribution is -2.13. The number of benzene rings is 1. The van der Waals surface area contributed by atoms with Crippen LogP contribution in [0.2, 0.25) is 0 Å². The van der Waals surface area contributed by atoms with Crippen molar-refractivity contribution in [3.05, 3.63) is 52.2 Å². The molecule has 4 aromatic rings. The maximum atomic E-state index is 13.5. The van der Waals surface area contributed by atoms with E-state index in [9.17, 15) is 18.0 Å². The van der Waals surface area contributed by atoms with Crippen molar-refractivity contribution in [3.63, 3.8) is 0 Å². The molecule has 0 aliphatic heterocycles.